The molecule has 5 rings (SSSR count). The van der Waals surface area contributed by atoms with Crippen molar-refractivity contribution in [3.63, 3.8) is 0 Å². The van der Waals surface area contributed by atoms with Crippen LogP contribution in [0.25, 0.3) is 32.9 Å². The van der Waals surface area contributed by atoms with Crippen molar-refractivity contribution in [3.8, 4) is 11.1 Å². The maximum atomic E-state index is 12.2. The third kappa shape index (κ3) is 3.44. The van der Waals surface area contributed by atoms with Crippen molar-refractivity contribution in [2.45, 2.75) is 6.54 Å². The van der Waals surface area contributed by atoms with Crippen LogP contribution in [-0.4, -0.2) is 15.5 Å². The molecule has 0 unspecified atom stereocenters. The molecule has 5 aromatic rings. The van der Waals surface area contributed by atoms with Crippen molar-refractivity contribution < 1.29 is 4.79 Å². The van der Waals surface area contributed by atoms with E-state index in [4.69, 9.17) is 28.9 Å². The van der Waals surface area contributed by atoms with Gasteiger partial charge in [0.15, 0.2) is 0 Å². The molecule has 0 atom stereocenters. The van der Waals surface area contributed by atoms with Crippen LogP contribution in [0.5, 0.6) is 0 Å². The molecule has 0 aliphatic heterocycles. The standard InChI is InChI=1S/C25H16Cl2N3O/c26-17-5-7-18(21(27)13-17)16-4-6-19-23(12-16)30(14-15-8-10-29-11-9-15)22-3-1-2-20(24(19)22)25(28)31/h1-5,7-13H,14H2,(H2,28,31). The van der Waals surface area contributed by atoms with E-state index < -0.39 is 5.91 Å². The summed E-state index contributed by atoms with van der Waals surface area (Å²) in [7, 11) is 0. The smallest absolute Gasteiger partial charge is 0.249 e. The summed E-state index contributed by atoms with van der Waals surface area (Å²) >= 11 is 12.5. The van der Waals surface area contributed by atoms with Gasteiger partial charge in [-0.2, -0.15) is 0 Å². The predicted molar refractivity (Wildman–Crippen MR) is 126 cm³/mol. The Morgan fingerprint density at radius 1 is 1.03 bits per heavy atom. The van der Waals surface area contributed by atoms with Crippen LogP contribution in [0.3, 0.4) is 0 Å². The van der Waals surface area contributed by atoms with Gasteiger partial charge < -0.3 is 10.3 Å². The molecule has 0 aliphatic rings. The maximum Gasteiger partial charge on any atom is 0.249 e. The van der Waals surface area contributed by atoms with Gasteiger partial charge in [-0.25, -0.2) is 0 Å². The van der Waals surface area contributed by atoms with E-state index in [-0.39, 0.29) is 0 Å². The number of hydrogen-bond acceptors (Lipinski definition) is 2. The van der Waals surface area contributed by atoms with Crippen LogP contribution in [-0.2, 0) is 6.54 Å². The average Bonchev–Trinajstić information content (AvgIpc) is 3.07. The van der Waals surface area contributed by atoms with Crippen molar-refractivity contribution >= 4 is 50.9 Å². The Morgan fingerprint density at radius 2 is 1.84 bits per heavy atom. The molecule has 2 aromatic heterocycles. The maximum absolute atomic E-state index is 12.2. The number of pyridine rings is 1. The van der Waals surface area contributed by atoms with Gasteiger partial charge in [0.2, 0.25) is 5.91 Å². The lowest BCUT2D eigenvalue weighted by Gasteiger charge is -2.10. The second-order valence-electron chi connectivity index (χ2n) is 7.28. The molecule has 2 heterocycles. The van der Waals surface area contributed by atoms with E-state index in [9.17, 15) is 4.79 Å². The van der Waals surface area contributed by atoms with Crippen molar-refractivity contribution in [1.82, 2.24) is 9.55 Å². The molecule has 2 N–H and O–H groups in total. The van der Waals surface area contributed by atoms with Crippen LogP contribution in [0.2, 0.25) is 10.0 Å². The summed E-state index contributed by atoms with van der Waals surface area (Å²) in [5, 5.41) is 2.78. The van der Waals surface area contributed by atoms with E-state index in [0.717, 1.165) is 38.5 Å². The number of amides is 1. The molecule has 0 fully saturated rings. The third-order valence-electron chi connectivity index (χ3n) is 5.39. The van der Waals surface area contributed by atoms with Gasteiger partial charge in [0.1, 0.15) is 0 Å². The van der Waals surface area contributed by atoms with E-state index in [0.29, 0.717) is 22.2 Å². The van der Waals surface area contributed by atoms with Gasteiger partial charge in [-0.15, -0.1) is 0 Å². The Hall–Kier alpha value is -3.34. The highest BCUT2D eigenvalue weighted by atomic mass is 35.5. The van der Waals surface area contributed by atoms with Crippen molar-refractivity contribution in [1.29, 1.82) is 0 Å². The number of nitrogens with two attached hydrogens (primary N) is 1. The van der Waals surface area contributed by atoms with Gasteiger partial charge in [-0.1, -0.05) is 35.3 Å². The fraction of sp³-hybridized carbons (Fsp3) is 0.0400. The first-order chi connectivity index (χ1) is 15.0. The fourth-order valence-corrected chi connectivity index (χ4v) is 4.50. The second-order valence-corrected chi connectivity index (χ2v) is 8.12. The van der Waals surface area contributed by atoms with E-state index in [2.05, 4.69) is 21.7 Å². The summed E-state index contributed by atoms with van der Waals surface area (Å²) in [6.07, 6.45) is 3.53. The highest BCUT2D eigenvalue weighted by Crippen LogP contribution is 2.37. The zero-order valence-corrected chi connectivity index (χ0v) is 17.8. The first-order valence-corrected chi connectivity index (χ1v) is 10.4. The van der Waals surface area contributed by atoms with Crippen LogP contribution < -0.4 is 5.73 Å². The largest absolute Gasteiger partial charge is 0.366 e. The molecular weight excluding hydrogens is 429 g/mol. The first-order valence-electron chi connectivity index (χ1n) is 9.63. The van der Waals surface area contributed by atoms with Crippen molar-refractivity contribution in [2.24, 2.45) is 5.73 Å². The van der Waals surface area contributed by atoms with E-state index >= 15 is 0 Å². The minimum Gasteiger partial charge on any atom is -0.366 e. The SMILES string of the molecule is NC(=O)c1cccc2c1c1[c]cc(-c3ccc(Cl)cc3Cl)cc1n2Cc1ccncc1. The van der Waals surface area contributed by atoms with Crippen molar-refractivity contribution in [2.75, 3.05) is 0 Å². The Labute approximate surface area is 188 Å². The molecule has 0 saturated heterocycles. The lowest BCUT2D eigenvalue weighted by Crippen LogP contribution is -2.11. The van der Waals surface area contributed by atoms with Gasteiger partial charge in [0, 0.05) is 50.9 Å². The Bertz CT molecular complexity index is 1460. The molecule has 31 heavy (non-hydrogen) atoms. The van der Waals surface area contributed by atoms with Crippen molar-refractivity contribution in [3.05, 3.63) is 100 Å². The van der Waals surface area contributed by atoms with Crippen LogP contribution in [0.15, 0.2) is 73.1 Å². The molecule has 0 saturated carbocycles. The summed E-state index contributed by atoms with van der Waals surface area (Å²) in [6.45, 7) is 0.608. The normalized spacial score (nSPS) is 11.3. The molecule has 0 aliphatic carbocycles. The molecule has 0 bridgehead atoms. The van der Waals surface area contributed by atoms with Crippen LogP contribution in [0.4, 0.5) is 0 Å². The molecule has 4 nitrogen and oxygen atoms in total. The van der Waals surface area contributed by atoms with Gasteiger partial charge in [-0.3, -0.25) is 9.78 Å². The second kappa shape index (κ2) is 7.73. The molecule has 151 valence electrons. The summed E-state index contributed by atoms with van der Waals surface area (Å²) in [6, 6.07) is 22.3. The molecule has 1 amide bonds. The molecule has 3 aromatic carbocycles. The number of carbonyl (C=O) groups excluding carboxylic acids is 1. The number of fused-ring (bicyclic) bond motifs is 3. The number of rotatable bonds is 4. The third-order valence-corrected chi connectivity index (χ3v) is 5.94. The number of carbonyl (C=O) groups is 1. The Morgan fingerprint density at radius 3 is 2.58 bits per heavy atom. The van der Waals surface area contributed by atoms with Gasteiger partial charge in [-0.05, 0) is 65.7 Å². The van der Waals surface area contributed by atoms with Crippen LogP contribution in [0, 0.1) is 6.07 Å². The lowest BCUT2D eigenvalue weighted by atomic mass is 10.0. The lowest BCUT2D eigenvalue weighted by molar-refractivity contribution is 0.100. The zero-order chi connectivity index (χ0) is 21.5. The van der Waals surface area contributed by atoms with Crippen LogP contribution >= 0.6 is 23.2 Å². The molecule has 1 radical (unpaired) electrons. The van der Waals surface area contributed by atoms with Gasteiger partial charge in [0.05, 0.1) is 11.0 Å². The van der Waals surface area contributed by atoms with E-state index in [1.807, 2.05) is 42.5 Å². The summed E-state index contributed by atoms with van der Waals surface area (Å²) in [5.41, 5.74) is 10.9. The first kappa shape index (κ1) is 19.6. The van der Waals surface area contributed by atoms with Crippen LogP contribution in [0.1, 0.15) is 15.9 Å². The molecular formula is C25H16Cl2N3O. The predicted octanol–water partition coefficient (Wildman–Crippen LogP) is 6.11. The summed E-state index contributed by atoms with van der Waals surface area (Å²) in [4.78, 5) is 16.3. The van der Waals surface area contributed by atoms with E-state index in [1.165, 1.54) is 0 Å². The quantitative estimate of drug-likeness (QED) is 0.363. The number of aromatic nitrogens is 2. The fourth-order valence-electron chi connectivity index (χ4n) is 3.98. The van der Waals surface area contributed by atoms with E-state index in [1.54, 1.807) is 24.5 Å². The number of benzene rings is 3. The average molecular weight is 445 g/mol. The number of nitrogens with zero attached hydrogens (tertiary/aromatic N) is 2. The van der Waals surface area contributed by atoms with Gasteiger partial charge in [0.25, 0.3) is 0 Å². The zero-order valence-electron chi connectivity index (χ0n) is 16.3. The van der Waals surface area contributed by atoms with Gasteiger partial charge >= 0.3 is 0 Å². The highest BCUT2D eigenvalue weighted by Gasteiger charge is 2.18. The highest BCUT2D eigenvalue weighted by molar-refractivity contribution is 6.36. The monoisotopic (exact) mass is 444 g/mol. The molecule has 6 heteroatoms. The topological polar surface area (TPSA) is 60.9 Å². The Balaban J connectivity index is 1.82. The minimum absolute atomic E-state index is 0.466. The number of primary amides is 1. The summed E-state index contributed by atoms with van der Waals surface area (Å²) < 4.78 is 2.16. The number of halogens is 2. The Kier molecular flexibility index (Phi) is 4.89. The molecule has 0 spiro atoms. The minimum atomic E-state index is -0.466. The number of hydrogen-bond donors (Lipinski definition) is 1. The summed E-state index contributed by atoms with van der Waals surface area (Å²) in [5.74, 6) is -0.466.